The Morgan fingerprint density at radius 2 is 1.69 bits per heavy atom. The van der Waals surface area contributed by atoms with Gasteiger partial charge < -0.3 is 15.5 Å². The van der Waals surface area contributed by atoms with Crippen LogP contribution in [0.5, 0.6) is 0 Å². The molecule has 1 aromatic heterocycles. The smallest absolute Gasteiger partial charge is 0.225 e. The fraction of sp³-hybridized carbons (Fsp3) is 0.783. The summed E-state index contributed by atoms with van der Waals surface area (Å²) in [6.45, 7) is 20.2. The van der Waals surface area contributed by atoms with Crippen molar-refractivity contribution >= 4 is 35.9 Å². The zero-order chi connectivity index (χ0) is 22.5. The lowest BCUT2D eigenvalue weighted by Crippen LogP contribution is -2.47. The van der Waals surface area contributed by atoms with E-state index in [2.05, 4.69) is 69.9 Å². The number of aliphatic imine (C=N–C) groups is 1. The second kappa shape index (κ2) is 16.4. The van der Waals surface area contributed by atoms with Crippen molar-refractivity contribution in [2.45, 2.75) is 59.5 Å². The summed E-state index contributed by atoms with van der Waals surface area (Å²) in [7, 11) is 0. The number of aromatic nitrogens is 2. The number of rotatable bonds is 12. The van der Waals surface area contributed by atoms with Crippen molar-refractivity contribution in [3.8, 4) is 0 Å². The summed E-state index contributed by atoms with van der Waals surface area (Å²) >= 11 is 0. The highest BCUT2D eigenvalue weighted by Crippen LogP contribution is 2.09. The van der Waals surface area contributed by atoms with E-state index < -0.39 is 0 Å². The molecule has 0 radical (unpaired) electrons. The lowest BCUT2D eigenvalue weighted by atomic mass is 10.2. The molecule has 0 aromatic carbocycles. The first-order valence-electron chi connectivity index (χ1n) is 12.0. The van der Waals surface area contributed by atoms with Crippen LogP contribution in [0.3, 0.4) is 0 Å². The zero-order valence-corrected chi connectivity index (χ0v) is 23.1. The van der Waals surface area contributed by atoms with Gasteiger partial charge in [-0.25, -0.2) is 9.97 Å². The molecule has 1 aliphatic rings. The van der Waals surface area contributed by atoms with Crippen molar-refractivity contribution < 1.29 is 0 Å². The van der Waals surface area contributed by atoms with Crippen LogP contribution in [0.1, 0.15) is 47.5 Å². The third kappa shape index (κ3) is 10.6. The van der Waals surface area contributed by atoms with Crippen molar-refractivity contribution in [2.24, 2.45) is 4.99 Å². The molecule has 1 aromatic rings. The molecule has 0 aliphatic carbocycles. The van der Waals surface area contributed by atoms with Gasteiger partial charge in [0.25, 0.3) is 0 Å². The lowest BCUT2D eigenvalue weighted by Gasteiger charge is -2.34. The van der Waals surface area contributed by atoms with Gasteiger partial charge in [-0.15, -0.1) is 24.0 Å². The van der Waals surface area contributed by atoms with E-state index in [0.29, 0.717) is 12.1 Å². The minimum Gasteiger partial charge on any atom is -0.357 e. The van der Waals surface area contributed by atoms with Gasteiger partial charge in [-0.05, 0) is 60.1 Å². The van der Waals surface area contributed by atoms with E-state index in [9.17, 15) is 0 Å². The number of piperazine rings is 1. The number of hydrogen-bond acceptors (Lipinski definition) is 6. The van der Waals surface area contributed by atoms with Gasteiger partial charge in [-0.2, -0.15) is 0 Å². The van der Waals surface area contributed by atoms with Gasteiger partial charge in [0.1, 0.15) is 0 Å². The first-order chi connectivity index (χ1) is 15.0. The summed E-state index contributed by atoms with van der Waals surface area (Å²) in [6, 6.07) is 3.03. The molecule has 1 saturated heterocycles. The Kier molecular flexibility index (Phi) is 14.8. The first kappa shape index (κ1) is 28.8. The number of hydrogen-bond donors (Lipinski definition) is 2. The maximum atomic E-state index is 4.77. The predicted octanol–water partition coefficient (Wildman–Crippen LogP) is 2.67. The second-order valence-electron chi connectivity index (χ2n) is 8.70. The van der Waals surface area contributed by atoms with Gasteiger partial charge >= 0.3 is 0 Å². The SMILES string of the molecule is CCNC(=NCCCN(C(C)C)C(C)C)NCCCN1CCN(c2ncccn2)CC1.I. The molecule has 1 aliphatic heterocycles. The topological polar surface area (TPSA) is 71.9 Å². The molecule has 0 saturated carbocycles. The van der Waals surface area contributed by atoms with Crippen LogP contribution >= 0.6 is 24.0 Å². The van der Waals surface area contributed by atoms with E-state index in [-0.39, 0.29) is 24.0 Å². The summed E-state index contributed by atoms with van der Waals surface area (Å²) < 4.78 is 0. The molecular formula is C23H45IN8. The normalized spacial score (nSPS) is 15.4. The number of halogens is 1. The van der Waals surface area contributed by atoms with Crippen molar-refractivity contribution in [1.82, 2.24) is 30.4 Å². The molecule has 0 bridgehead atoms. The van der Waals surface area contributed by atoms with E-state index >= 15 is 0 Å². The zero-order valence-electron chi connectivity index (χ0n) is 20.8. The van der Waals surface area contributed by atoms with E-state index in [1.807, 2.05) is 18.5 Å². The second-order valence-corrected chi connectivity index (χ2v) is 8.70. The Balaban J connectivity index is 0.00000512. The Bertz CT molecular complexity index is 610. The molecular weight excluding hydrogens is 515 g/mol. The summed E-state index contributed by atoms with van der Waals surface area (Å²) in [5.41, 5.74) is 0. The van der Waals surface area contributed by atoms with Crippen molar-refractivity contribution in [1.29, 1.82) is 0 Å². The molecule has 0 unspecified atom stereocenters. The van der Waals surface area contributed by atoms with Gasteiger partial charge in [-0.3, -0.25) is 14.8 Å². The number of nitrogens with zero attached hydrogens (tertiary/aromatic N) is 6. The van der Waals surface area contributed by atoms with Gasteiger partial charge in [0.05, 0.1) is 0 Å². The highest BCUT2D eigenvalue weighted by atomic mass is 127. The molecule has 2 rings (SSSR count). The first-order valence-corrected chi connectivity index (χ1v) is 12.0. The van der Waals surface area contributed by atoms with Gasteiger partial charge in [-0.1, -0.05) is 0 Å². The molecule has 0 amide bonds. The van der Waals surface area contributed by atoms with E-state index in [1.165, 1.54) is 0 Å². The molecule has 9 heteroatoms. The third-order valence-corrected chi connectivity index (χ3v) is 5.67. The Labute approximate surface area is 212 Å². The third-order valence-electron chi connectivity index (χ3n) is 5.67. The fourth-order valence-corrected chi connectivity index (χ4v) is 4.03. The van der Waals surface area contributed by atoms with E-state index in [4.69, 9.17) is 4.99 Å². The average Bonchev–Trinajstić information content (AvgIpc) is 2.77. The maximum absolute atomic E-state index is 4.77. The largest absolute Gasteiger partial charge is 0.357 e. The number of nitrogens with one attached hydrogen (secondary N) is 2. The maximum Gasteiger partial charge on any atom is 0.225 e. The van der Waals surface area contributed by atoms with Crippen LogP contribution in [0, 0.1) is 0 Å². The molecule has 0 atom stereocenters. The Morgan fingerprint density at radius 1 is 1.03 bits per heavy atom. The van der Waals surface area contributed by atoms with Crippen molar-refractivity contribution in [3.63, 3.8) is 0 Å². The van der Waals surface area contributed by atoms with Crippen LogP contribution in [0.15, 0.2) is 23.5 Å². The number of anilines is 1. The van der Waals surface area contributed by atoms with E-state index in [0.717, 1.165) is 83.7 Å². The lowest BCUT2D eigenvalue weighted by molar-refractivity contribution is 0.174. The van der Waals surface area contributed by atoms with Gasteiger partial charge in [0.2, 0.25) is 5.95 Å². The summed E-state index contributed by atoms with van der Waals surface area (Å²) in [5, 5.41) is 6.87. The molecule has 2 heterocycles. The van der Waals surface area contributed by atoms with Crippen LogP contribution in [-0.4, -0.2) is 96.7 Å². The van der Waals surface area contributed by atoms with Gasteiger partial charge in [0, 0.05) is 76.8 Å². The van der Waals surface area contributed by atoms with Crippen LogP contribution in [0.2, 0.25) is 0 Å². The Hall–Kier alpha value is -1.20. The van der Waals surface area contributed by atoms with Crippen molar-refractivity contribution in [3.05, 3.63) is 18.5 Å². The molecule has 2 N–H and O–H groups in total. The minimum atomic E-state index is 0. The van der Waals surface area contributed by atoms with Crippen LogP contribution in [0.4, 0.5) is 5.95 Å². The fourth-order valence-electron chi connectivity index (χ4n) is 4.03. The average molecular weight is 561 g/mol. The number of guanidine groups is 1. The molecule has 184 valence electrons. The summed E-state index contributed by atoms with van der Waals surface area (Å²) in [4.78, 5) is 20.8. The predicted molar refractivity (Wildman–Crippen MR) is 146 cm³/mol. The molecule has 32 heavy (non-hydrogen) atoms. The standard InChI is InChI=1S/C23H44N8.HI/c1-6-24-22(26-13-9-15-31(20(2)3)21(4)5)25-12-8-14-29-16-18-30(19-17-29)23-27-10-7-11-28-23;/h7,10-11,20-21H,6,8-9,12-19H2,1-5H3,(H2,24,25,26);1H. The van der Waals surface area contributed by atoms with Crippen LogP contribution < -0.4 is 15.5 Å². The van der Waals surface area contributed by atoms with Crippen molar-refractivity contribution in [2.75, 3.05) is 63.8 Å². The highest BCUT2D eigenvalue weighted by Gasteiger charge is 2.18. The van der Waals surface area contributed by atoms with Crippen LogP contribution in [0.25, 0.3) is 0 Å². The summed E-state index contributed by atoms with van der Waals surface area (Å²) in [6.07, 6.45) is 5.83. The summed E-state index contributed by atoms with van der Waals surface area (Å²) in [5.74, 6) is 1.79. The van der Waals surface area contributed by atoms with E-state index in [1.54, 1.807) is 0 Å². The molecule has 0 spiro atoms. The Morgan fingerprint density at radius 3 is 2.28 bits per heavy atom. The highest BCUT2D eigenvalue weighted by molar-refractivity contribution is 14.0. The quantitative estimate of drug-likeness (QED) is 0.176. The molecule has 8 nitrogen and oxygen atoms in total. The molecule has 1 fully saturated rings. The van der Waals surface area contributed by atoms with Gasteiger partial charge in [0.15, 0.2) is 5.96 Å². The minimum absolute atomic E-state index is 0. The monoisotopic (exact) mass is 560 g/mol. The van der Waals surface area contributed by atoms with Crippen LogP contribution in [-0.2, 0) is 0 Å².